The van der Waals surface area contributed by atoms with Gasteiger partial charge in [-0.3, -0.25) is 4.79 Å². The van der Waals surface area contributed by atoms with Crippen molar-refractivity contribution in [2.45, 2.75) is 12.5 Å². The summed E-state index contributed by atoms with van der Waals surface area (Å²) in [5, 5.41) is 19.4. The second-order valence-corrected chi connectivity index (χ2v) is 4.50. The van der Waals surface area contributed by atoms with Crippen LogP contribution in [-0.2, 0) is 11.2 Å². The molecule has 0 saturated heterocycles. The molecular weight excluding hydrogens is 288 g/mol. The number of nitrogens with zero attached hydrogens (tertiary/aromatic N) is 1. The van der Waals surface area contributed by atoms with Crippen molar-refractivity contribution in [1.29, 1.82) is 0 Å². The number of aromatic nitrogens is 1. The van der Waals surface area contributed by atoms with Gasteiger partial charge in [-0.1, -0.05) is 18.2 Å². The number of hydrogen-bond acceptors (Lipinski definition) is 3. The third-order valence-electron chi connectivity index (χ3n) is 2.63. The first kappa shape index (κ1) is 11.9. The SMILES string of the molecule is NC(Cc1c(Br)n(O)c2ccccc12)C(=O)O. The molecule has 2 rings (SSSR count). The van der Waals surface area contributed by atoms with E-state index in [0.717, 1.165) is 10.1 Å². The zero-order chi connectivity index (χ0) is 12.6. The van der Waals surface area contributed by atoms with Crippen LogP contribution in [0.2, 0.25) is 0 Å². The molecule has 1 aromatic heterocycles. The summed E-state index contributed by atoms with van der Waals surface area (Å²) in [5.74, 6) is -1.06. The third kappa shape index (κ3) is 2.01. The van der Waals surface area contributed by atoms with Gasteiger partial charge in [-0.25, -0.2) is 0 Å². The van der Waals surface area contributed by atoms with Gasteiger partial charge in [0.05, 0.1) is 5.52 Å². The molecule has 0 amide bonds. The molecular formula is C11H11BrN2O3. The summed E-state index contributed by atoms with van der Waals surface area (Å²) in [7, 11) is 0. The first-order valence-electron chi connectivity index (χ1n) is 4.98. The van der Waals surface area contributed by atoms with Gasteiger partial charge in [0.25, 0.3) is 0 Å². The summed E-state index contributed by atoms with van der Waals surface area (Å²) in [4.78, 5) is 10.7. The molecule has 0 aliphatic heterocycles. The number of hydrogen-bond donors (Lipinski definition) is 3. The molecule has 17 heavy (non-hydrogen) atoms. The minimum absolute atomic E-state index is 0.157. The van der Waals surface area contributed by atoms with Gasteiger partial charge in [0.1, 0.15) is 10.6 Å². The molecule has 0 aliphatic rings. The normalized spacial score (nSPS) is 12.8. The molecule has 0 radical (unpaired) electrons. The van der Waals surface area contributed by atoms with E-state index >= 15 is 0 Å². The van der Waals surface area contributed by atoms with Crippen molar-refractivity contribution in [1.82, 2.24) is 4.73 Å². The Bertz CT molecular complexity index is 579. The van der Waals surface area contributed by atoms with E-state index in [0.29, 0.717) is 15.7 Å². The number of rotatable bonds is 3. The van der Waals surface area contributed by atoms with Crippen LogP contribution in [0.3, 0.4) is 0 Å². The van der Waals surface area contributed by atoms with E-state index in [1.165, 1.54) is 0 Å². The quantitative estimate of drug-likeness (QED) is 0.751. The van der Waals surface area contributed by atoms with Crippen LogP contribution in [0.1, 0.15) is 5.56 Å². The van der Waals surface area contributed by atoms with Gasteiger partial charge >= 0.3 is 5.97 Å². The standard InChI is InChI=1S/C11H11BrN2O3/c12-10-7(5-8(13)11(15)16)6-3-1-2-4-9(6)14(10)17/h1-4,8,17H,5,13H2,(H,15,16). The number of carboxylic acid groups (broad SMARTS) is 1. The van der Waals surface area contributed by atoms with Crippen molar-refractivity contribution in [3.8, 4) is 0 Å². The van der Waals surface area contributed by atoms with Crippen molar-refractivity contribution in [2.24, 2.45) is 5.73 Å². The number of fused-ring (bicyclic) bond motifs is 1. The highest BCUT2D eigenvalue weighted by Gasteiger charge is 2.20. The fourth-order valence-corrected chi connectivity index (χ4v) is 2.33. The highest BCUT2D eigenvalue weighted by molar-refractivity contribution is 9.10. The van der Waals surface area contributed by atoms with Crippen molar-refractivity contribution in [3.05, 3.63) is 34.4 Å². The van der Waals surface area contributed by atoms with E-state index in [9.17, 15) is 10.0 Å². The maximum atomic E-state index is 10.7. The smallest absolute Gasteiger partial charge is 0.320 e. The summed E-state index contributed by atoms with van der Waals surface area (Å²) >= 11 is 3.24. The Morgan fingerprint density at radius 3 is 2.76 bits per heavy atom. The van der Waals surface area contributed by atoms with Gasteiger partial charge in [-0.05, 0) is 27.6 Å². The summed E-state index contributed by atoms with van der Waals surface area (Å²) < 4.78 is 1.43. The van der Waals surface area contributed by atoms with E-state index in [4.69, 9.17) is 10.8 Å². The molecule has 0 saturated carbocycles. The van der Waals surface area contributed by atoms with Gasteiger partial charge in [0.2, 0.25) is 0 Å². The number of benzene rings is 1. The zero-order valence-corrected chi connectivity index (χ0v) is 10.4. The Kier molecular flexibility index (Phi) is 3.08. The molecule has 5 nitrogen and oxygen atoms in total. The molecule has 4 N–H and O–H groups in total. The summed E-state index contributed by atoms with van der Waals surface area (Å²) in [6, 6.07) is 6.19. The van der Waals surface area contributed by atoms with E-state index in [-0.39, 0.29) is 6.42 Å². The summed E-state index contributed by atoms with van der Waals surface area (Å²) in [6.45, 7) is 0. The molecule has 90 valence electrons. The van der Waals surface area contributed by atoms with Crippen molar-refractivity contribution in [2.75, 3.05) is 0 Å². The summed E-state index contributed by atoms with van der Waals surface area (Å²) in [6.07, 6.45) is 0.157. The molecule has 1 unspecified atom stereocenters. The molecule has 2 aromatic rings. The van der Waals surface area contributed by atoms with Crippen LogP contribution in [-0.4, -0.2) is 27.1 Å². The fraction of sp³-hybridized carbons (Fsp3) is 0.182. The lowest BCUT2D eigenvalue weighted by atomic mass is 10.1. The van der Waals surface area contributed by atoms with Crippen LogP contribution in [0.5, 0.6) is 0 Å². The van der Waals surface area contributed by atoms with Crippen molar-refractivity contribution in [3.63, 3.8) is 0 Å². The third-order valence-corrected chi connectivity index (χ3v) is 3.45. The largest absolute Gasteiger partial charge is 0.480 e. The van der Waals surface area contributed by atoms with Crippen molar-refractivity contribution >= 4 is 32.8 Å². The number of carbonyl (C=O) groups is 1. The maximum Gasteiger partial charge on any atom is 0.320 e. The number of halogens is 1. The monoisotopic (exact) mass is 298 g/mol. The van der Waals surface area contributed by atoms with E-state index in [1.807, 2.05) is 12.1 Å². The Morgan fingerprint density at radius 1 is 1.47 bits per heavy atom. The molecule has 1 heterocycles. The van der Waals surface area contributed by atoms with Gasteiger partial charge in [-0.2, -0.15) is 4.73 Å². The minimum Gasteiger partial charge on any atom is -0.480 e. The summed E-state index contributed by atoms with van der Waals surface area (Å²) in [5.41, 5.74) is 6.82. The van der Waals surface area contributed by atoms with Crippen LogP contribution in [0.4, 0.5) is 0 Å². The van der Waals surface area contributed by atoms with E-state index in [2.05, 4.69) is 15.9 Å². The predicted octanol–water partition coefficient (Wildman–Crippen LogP) is 1.60. The number of carboxylic acids is 1. The second-order valence-electron chi connectivity index (χ2n) is 3.75. The minimum atomic E-state index is -1.06. The molecule has 0 aliphatic carbocycles. The lowest BCUT2D eigenvalue weighted by molar-refractivity contribution is -0.138. The lowest BCUT2D eigenvalue weighted by Crippen LogP contribution is -2.32. The zero-order valence-electron chi connectivity index (χ0n) is 8.80. The highest BCUT2D eigenvalue weighted by Crippen LogP contribution is 2.29. The average molecular weight is 299 g/mol. The lowest BCUT2D eigenvalue weighted by Gasteiger charge is -2.05. The van der Waals surface area contributed by atoms with Crippen LogP contribution in [0, 0.1) is 0 Å². The second kappa shape index (κ2) is 4.38. The van der Waals surface area contributed by atoms with Gasteiger partial charge in [0, 0.05) is 11.8 Å². The Balaban J connectivity index is 2.53. The number of nitrogens with two attached hydrogens (primary N) is 1. The molecule has 0 fully saturated rings. The topological polar surface area (TPSA) is 88.5 Å². The van der Waals surface area contributed by atoms with Crippen LogP contribution >= 0.6 is 15.9 Å². The van der Waals surface area contributed by atoms with E-state index in [1.54, 1.807) is 12.1 Å². The van der Waals surface area contributed by atoms with Crippen LogP contribution < -0.4 is 5.73 Å². The van der Waals surface area contributed by atoms with E-state index < -0.39 is 12.0 Å². The Morgan fingerprint density at radius 2 is 2.12 bits per heavy atom. The highest BCUT2D eigenvalue weighted by atomic mass is 79.9. The van der Waals surface area contributed by atoms with Crippen molar-refractivity contribution < 1.29 is 15.1 Å². The van der Waals surface area contributed by atoms with Gasteiger partial charge < -0.3 is 16.0 Å². The van der Waals surface area contributed by atoms with Crippen LogP contribution in [0.15, 0.2) is 28.9 Å². The van der Waals surface area contributed by atoms with Gasteiger partial charge in [0.15, 0.2) is 0 Å². The average Bonchev–Trinajstić information content (AvgIpc) is 2.55. The number of para-hydroxylation sites is 1. The maximum absolute atomic E-state index is 10.7. The predicted molar refractivity (Wildman–Crippen MR) is 66.1 cm³/mol. The first-order chi connectivity index (χ1) is 8.02. The molecule has 0 bridgehead atoms. The first-order valence-corrected chi connectivity index (χ1v) is 5.77. The fourth-order valence-electron chi connectivity index (χ4n) is 1.76. The molecule has 0 spiro atoms. The van der Waals surface area contributed by atoms with Gasteiger partial charge in [-0.15, -0.1) is 0 Å². The molecule has 1 atom stereocenters. The Hall–Kier alpha value is -1.53. The molecule has 1 aromatic carbocycles. The van der Waals surface area contributed by atoms with Crippen LogP contribution in [0.25, 0.3) is 10.9 Å². The number of aliphatic carboxylic acids is 1. The molecule has 6 heteroatoms. The Labute approximate surface area is 106 Å².